The molecule has 0 saturated carbocycles. The van der Waals surface area contributed by atoms with E-state index in [-0.39, 0.29) is 17.6 Å². The fraction of sp³-hybridized carbons (Fsp3) is 0.750. The van der Waals surface area contributed by atoms with E-state index in [9.17, 15) is 9.59 Å². The van der Waals surface area contributed by atoms with E-state index in [1.807, 2.05) is 0 Å². The van der Waals surface area contributed by atoms with Gasteiger partial charge >= 0.3 is 0 Å². The zero-order chi connectivity index (χ0) is 14.6. The van der Waals surface area contributed by atoms with Crippen molar-refractivity contribution in [3.05, 3.63) is 0 Å². The van der Waals surface area contributed by atoms with Gasteiger partial charge < -0.3 is 20.7 Å². The minimum Gasteiger partial charge on any atom is -0.409 e. The van der Waals surface area contributed by atoms with Crippen molar-refractivity contribution in [1.29, 1.82) is 0 Å². The molecule has 0 aromatic heterocycles. The van der Waals surface area contributed by atoms with E-state index in [4.69, 9.17) is 10.9 Å². The quantitative estimate of drug-likeness (QED) is 0.315. The topological polar surface area (TPSA) is 99.2 Å². The van der Waals surface area contributed by atoms with Crippen molar-refractivity contribution in [3.63, 3.8) is 0 Å². The van der Waals surface area contributed by atoms with Gasteiger partial charge in [0.25, 0.3) is 0 Å². The second-order valence-corrected chi connectivity index (χ2v) is 5.26. The van der Waals surface area contributed by atoms with E-state index in [0.717, 1.165) is 6.42 Å². The highest BCUT2D eigenvalue weighted by molar-refractivity contribution is 6.05. The first kappa shape index (κ1) is 15.3. The molecule has 0 bridgehead atoms. The van der Waals surface area contributed by atoms with E-state index >= 15 is 0 Å². The molecule has 0 radical (unpaired) electrons. The summed E-state index contributed by atoms with van der Waals surface area (Å²) in [5.41, 5.74) is 4.52. The molecule has 3 N–H and O–H groups in total. The van der Waals surface area contributed by atoms with Crippen molar-refractivity contribution in [3.8, 4) is 0 Å². The van der Waals surface area contributed by atoms with Crippen LogP contribution in [0.1, 0.15) is 27.2 Å². The lowest BCUT2D eigenvalue weighted by molar-refractivity contribution is -0.137. The van der Waals surface area contributed by atoms with Crippen LogP contribution in [0.3, 0.4) is 0 Å². The fourth-order valence-corrected chi connectivity index (χ4v) is 2.07. The molecule has 0 unspecified atom stereocenters. The van der Waals surface area contributed by atoms with Gasteiger partial charge in [0.15, 0.2) is 5.84 Å². The zero-order valence-corrected chi connectivity index (χ0v) is 11.7. The third kappa shape index (κ3) is 3.36. The first-order chi connectivity index (χ1) is 8.80. The van der Waals surface area contributed by atoms with E-state index in [1.54, 1.807) is 23.6 Å². The molecule has 1 aliphatic rings. The molecule has 108 valence electrons. The number of carbonyl (C=O) groups is 2. The van der Waals surface area contributed by atoms with Gasteiger partial charge in [-0.25, -0.2) is 0 Å². The van der Waals surface area contributed by atoms with Crippen LogP contribution in [0.4, 0.5) is 0 Å². The molecule has 0 aliphatic carbocycles. The van der Waals surface area contributed by atoms with Crippen LogP contribution in [0.2, 0.25) is 0 Å². The Kier molecular flexibility index (Phi) is 4.74. The molecule has 0 aromatic rings. The Bertz CT molecular complexity index is 392. The zero-order valence-electron chi connectivity index (χ0n) is 11.7. The van der Waals surface area contributed by atoms with Gasteiger partial charge in [0, 0.05) is 33.1 Å². The van der Waals surface area contributed by atoms with E-state index in [1.165, 1.54) is 6.92 Å². The Morgan fingerprint density at radius 3 is 2.21 bits per heavy atom. The molecule has 2 amide bonds. The standard InChI is InChI=1S/C12H22N4O3/c1-9(17)15-5-4-6-16(8-7-15)11(18)12(2,3)10(13)14-19/h19H,4-8H2,1-3H3,(H2,13,14). The Morgan fingerprint density at radius 2 is 1.68 bits per heavy atom. The maximum absolute atomic E-state index is 12.4. The summed E-state index contributed by atoms with van der Waals surface area (Å²) in [6, 6.07) is 0. The van der Waals surface area contributed by atoms with Gasteiger partial charge in [-0.3, -0.25) is 9.59 Å². The molecule has 1 rings (SSSR count). The van der Waals surface area contributed by atoms with Crippen LogP contribution in [-0.2, 0) is 9.59 Å². The Hall–Kier alpha value is -1.79. The van der Waals surface area contributed by atoms with Gasteiger partial charge in [-0.15, -0.1) is 0 Å². The van der Waals surface area contributed by atoms with Gasteiger partial charge in [0.2, 0.25) is 11.8 Å². The summed E-state index contributed by atoms with van der Waals surface area (Å²) < 4.78 is 0. The third-order valence-electron chi connectivity index (χ3n) is 3.51. The maximum Gasteiger partial charge on any atom is 0.236 e. The molecule has 1 aliphatic heterocycles. The number of carbonyl (C=O) groups excluding carboxylic acids is 2. The number of rotatable bonds is 2. The predicted octanol–water partition coefficient (Wildman–Crippen LogP) is -0.160. The van der Waals surface area contributed by atoms with Gasteiger partial charge in [0.1, 0.15) is 5.41 Å². The lowest BCUT2D eigenvalue weighted by Crippen LogP contribution is -2.49. The monoisotopic (exact) mass is 270 g/mol. The second-order valence-electron chi connectivity index (χ2n) is 5.26. The lowest BCUT2D eigenvalue weighted by Gasteiger charge is -2.30. The molecule has 1 fully saturated rings. The van der Waals surface area contributed by atoms with Crippen molar-refractivity contribution in [2.75, 3.05) is 26.2 Å². The summed E-state index contributed by atoms with van der Waals surface area (Å²) in [6.07, 6.45) is 0.734. The minimum absolute atomic E-state index is 0.0185. The Balaban J connectivity index is 2.76. The van der Waals surface area contributed by atoms with Crippen molar-refractivity contribution >= 4 is 17.6 Å². The molecular formula is C12H22N4O3. The lowest BCUT2D eigenvalue weighted by atomic mass is 9.90. The summed E-state index contributed by atoms with van der Waals surface area (Å²) in [4.78, 5) is 27.1. The van der Waals surface area contributed by atoms with Crippen LogP contribution in [0.25, 0.3) is 0 Å². The van der Waals surface area contributed by atoms with Gasteiger partial charge in [-0.05, 0) is 20.3 Å². The van der Waals surface area contributed by atoms with E-state index in [0.29, 0.717) is 26.2 Å². The van der Waals surface area contributed by atoms with E-state index < -0.39 is 5.41 Å². The molecular weight excluding hydrogens is 248 g/mol. The van der Waals surface area contributed by atoms with Crippen LogP contribution >= 0.6 is 0 Å². The normalized spacial score (nSPS) is 18.2. The summed E-state index contributed by atoms with van der Waals surface area (Å²) in [7, 11) is 0. The first-order valence-electron chi connectivity index (χ1n) is 6.33. The average Bonchev–Trinajstić information content (AvgIpc) is 2.62. The number of nitrogens with two attached hydrogens (primary N) is 1. The molecule has 0 spiro atoms. The van der Waals surface area contributed by atoms with E-state index in [2.05, 4.69) is 5.16 Å². The number of amidine groups is 1. The minimum atomic E-state index is -1.04. The number of nitrogens with zero attached hydrogens (tertiary/aromatic N) is 3. The van der Waals surface area contributed by atoms with Crippen molar-refractivity contribution in [2.24, 2.45) is 16.3 Å². The Labute approximate surface area is 113 Å². The highest BCUT2D eigenvalue weighted by Gasteiger charge is 2.37. The molecule has 1 heterocycles. The van der Waals surface area contributed by atoms with Crippen molar-refractivity contribution in [1.82, 2.24) is 9.80 Å². The van der Waals surface area contributed by atoms with Crippen LogP contribution in [0.5, 0.6) is 0 Å². The summed E-state index contributed by atoms with van der Waals surface area (Å²) in [5.74, 6) is -0.275. The molecule has 1 saturated heterocycles. The maximum atomic E-state index is 12.4. The highest BCUT2D eigenvalue weighted by Crippen LogP contribution is 2.20. The van der Waals surface area contributed by atoms with Crippen LogP contribution in [-0.4, -0.2) is 58.8 Å². The van der Waals surface area contributed by atoms with Crippen LogP contribution in [0, 0.1) is 5.41 Å². The summed E-state index contributed by atoms with van der Waals surface area (Å²) >= 11 is 0. The molecule has 7 nitrogen and oxygen atoms in total. The highest BCUT2D eigenvalue weighted by atomic mass is 16.4. The SMILES string of the molecule is CC(=O)N1CCCN(C(=O)C(C)(C)C(N)=NO)CC1. The predicted molar refractivity (Wildman–Crippen MR) is 70.6 cm³/mol. The first-order valence-corrected chi connectivity index (χ1v) is 6.33. The third-order valence-corrected chi connectivity index (χ3v) is 3.51. The number of oxime groups is 1. The smallest absolute Gasteiger partial charge is 0.236 e. The molecule has 7 heteroatoms. The fourth-order valence-electron chi connectivity index (χ4n) is 2.07. The largest absolute Gasteiger partial charge is 0.409 e. The number of amides is 2. The van der Waals surface area contributed by atoms with Crippen molar-refractivity contribution < 1.29 is 14.8 Å². The molecule has 19 heavy (non-hydrogen) atoms. The Morgan fingerprint density at radius 1 is 1.16 bits per heavy atom. The second kappa shape index (κ2) is 5.90. The van der Waals surface area contributed by atoms with Crippen LogP contribution < -0.4 is 5.73 Å². The molecule has 0 atom stereocenters. The summed E-state index contributed by atoms with van der Waals surface area (Å²) in [6.45, 7) is 7.00. The van der Waals surface area contributed by atoms with Crippen molar-refractivity contribution in [2.45, 2.75) is 27.2 Å². The average molecular weight is 270 g/mol. The molecule has 0 aromatic carbocycles. The summed E-state index contributed by atoms with van der Waals surface area (Å²) in [5, 5.41) is 11.7. The van der Waals surface area contributed by atoms with Crippen LogP contribution in [0.15, 0.2) is 5.16 Å². The van der Waals surface area contributed by atoms with Gasteiger partial charge in [-0.2, -0.15) is 0 Å². The number of hydrogen-bond donors (Lipinski definition) is 2. The van der Waals surface area contributed by atoms with Gasteiger partial charge in [0.05, 0.1) is 0 Å². The number of hydrogen-bond acceptors (Lipinski definition) is 4. The van der Waals surface area contributed by atoms with Gasteiger partial charge in [-0.1, -0.05) is 5.16 Å².